The molecule has 5 nitrogen and oxygen atoms in total. The monoisotopic (exact) mass is 315 g/mol. The fourth-order valence-corrected chi connectivity index (χ4v) is 3.69. The van der Waals surface area contributed by atoms with E-state index >= 15 is 0 Å². The molecule has 0 bridgehead atoms. The molecule has 6 heteroatoms. The minimum Gasteiger partial charge on any atom is -0.345 e. The molecule has 0 fully saturated rings. The molecule has 0 unspecified atom stereocenters. The normalized spacial score (nSPS) is 11.9. The van der Waals surface area contributed by atoms with E-state index in [0.717, 1.165) is 27.7 Å². The summed E-state index contributed by atoms with van der Waals surface area (Å²) in [7, 11) is -3.52. The second-order valence-corrected chi connectivity index (χ2v) is 7.08. The van der Waals surface area contributed by atoms with E-state index in [1.807, 2.05) is 31.2 Å². The average molecular weight is 315 g/mol. The quantitative estimate of drug-likeness (QED) is 0.777. The van der Waals surface area contributed by atoms with E-state index in [1.165, 1.54) is 0 Å². The number of nitrogens with zero attached hydrogens (tertiary/aromatic N) is 1. The molecule has 0 saturated carbocycles. The molecular formula is C16H17N3O2S. The molecular weight excluding hydrogens is 298 g/mol. The van der Waals surface area contributed by atoms with Gasteiger partial charge < -0.3 is 4.98 Å². The Morgan fingerprint density at radius 1 is 1.14 bits per heavy atom. The Hall–Kier alpha value is -2.18. The first-order chi connectivity index (χ1) is 10.5. The van der Waals surface area contributed by atoms with Gasteiger partial charge in [-0.3, -0.25) is 0 Å². The summed E-state index contributed by atoms with van der Waals surface area (Å²) >= 11 is 0. The van der Waals surface area contributed by atoms with Gasteiger partial charge in [0.25, 0.3) is 0 Å². The molecule has 22 heavy (non-hydrogen) atoms. The van der Waals surface area contributed by atoms with Crippen LogP contribution in [0.3, 0.4) is 0 Å². The Morgan fingerprint density at radius 3 is 2.73 bits per heavy atom. The Labute approximate surface area is 129 Å². The zero-order valence-electron chi connectivity index (χ0n) is 12.4. The molecule has 0 aliphatic carbocycles. The lowest BCUT2D eigenvalue weighted by Gasteiger charge is -2.10. The van der Waals surface area contributed by atoms with Crippen molar-refractivity contribution >= 4 is 21.1 Å². The van der Waals surface area contributed by atoms with E-state index in [2.05, 4.69) is 14.7 Å². The highest BCUT2D eigenvalue weighted by molar-refractivity contribution is 7.89. The molecule has 1 aromatic heterocycles. The summed E-state index contributed by atoms with van der Waals surface area (Å²) in [5.41, 5.74) is 4.42. The minimum absolute atomic E-state index is 0.241. The third-order valence-corrected chi connectivity index (χ3v) is 5.13. The van der Waals surface area contributed by atoms with Crippen LogP contribution in [-0.2, 0) is 16.6 Å². The van der Waals surface area contributed by atoms with Crippen LogP contribution in [0.15, 0.2) is 47.6 Å². The van der Waals surface area contributed by atoms with Gasteiger partial charge in [0.2, 0.25) is 10.0 Å². The SMILES string of the molecule is Cc1ccc(S(=O)(=O)NCc2ccc3nc[nH]c3c2)c(C)c1. The van der Waals surface area contributed by atoms with Crippen LogP contribution < -0.4 is 4.72 Å². The van der Waals surface area contributed by atoms with Gasteiger partial charge in [0.05, 0.1) is 22.3 Å². The van der Waals surface area contributed by atoms with E-state index in [0.29, 0.717) is 4.90 Å². The molecule has 0 radical (unpaired) electrons. The highest BCUT2D eigenvalue weighted by atomic mass is 32.2. The van der Waals surface area contributed by atoms with Crippen molar-refractivity contribution < 1.29 is 8.42 Å². The zero-order chi connectivity index (χ0) is 15.7. The summed E-state index contributed by atoms with van der Waals surface area (Å²) < 4.78 is 27.5. The number of H-pyrrole nitrogens is 1. The van der Waals surface area contributed by atoms with Crippen molar-refractivity contribution in [3.05, 3.63) is 59.4 Å². The summed E-state index contributed by atoms with van der Waals surface area (Å²) in [6, 6.07) is 10.9. The smallest absolute Gasteiger partial charge is 0.241 e. The Morgan fingerprint density at radius 2 is 1.95 bits per heavy atom. The van der Waals surface area contributed by atoms with Gasteiger partial charge in [-0.1, -0.05) is 23.8 Å². The third-order valence-electron chi connectivity index (χ3n) is 3.57. The highest BCUT2D eigenvalue weighted by Crippen LogP contribution is 2.17. The summed E-state index contributed by atoms with van der Waals surface area (Å²) in [6.07, 6.45) is 1.62. The van der Waals surface area contributed by atoms with Gasteiger partial charge in [0.15, 0.2) is 0 Å². The highest BCUT2D eigenvalue weighted by Gasteiger charge is 2.16. The Balaban J connectivity index is 1.82. The van der Waals surface area contributed by atoms with Crippen molar-refractivity contribution in [1.29, 1.82) is 0 Å². The van der Waals surface area contributed by atoms with Crippen LogP contribution >= 0.6 is 0 Å². The van der Waals surface area contributed by atoms with Gasteiger partial charge in [-0.2, -0.15) is 0 Å². The second kappa shape index (κ2) is 5.55. The van der Waals surface area contributed by atoms with Crippen molar-refractivity contribution in [3.63, 3.8) is 0 Å². The first-order valence-corrected chi connectivity index (χ1v) is 8.43. The third kappa shape index (κ3) is 2.88. The van der Waals surface area contributed by atoms with Gasteiger partial charge in [0, 0.05) is 6.54 Å². The van der Waals surface area contributed by atoms with Crippen molar-refractivity contribution in [1.82, 2.24) is 14.7 Å². The van der Waals surface area contributed by atoms with Crippen LogP contribution in [0, 0.1) is 13.8 Å². The molecule has 0 aliphatic rings. The zero-order valence-corrected chi connectivity index (χ0v) is 13.2. The number of hydrogen-bond donors (Lipinski definition) is 2. The fraction of sp³-hybridized carbons (Fsp3) is 0.188. The summed E-state index contributed by atoms with van der Waals surface area (Å²) in [5.74, 6) is 0. The van der Waals surface area contributed by atoms with Crippen molar-refractivity contribution in [3.8, 4) is 0 Å². The number of aromatic nitrogens is 2. The van der Waals surface area contributed by atoms with Crippen LogP contribution in [0.2, 0.25) is 0 Å². The number of imidazole rings is 1. The number of hydrogen-bond acceptors (Lipinski definition) is 3. The lowest BCUT2D eigenvalue weighted by molar-refractivity contribution is 0.580. The molecule has 114 valence electrons. The van der Waals surface area contributed by atoms with Gasteiger partial charge in [-0.15, -0.1) is 0 Å². The molecule has 3 rings (SSSR count). The van der Waals surface area contributed by atoms with Crippen molar-refractivity contribution in [2.24, 2.45) is 0 Å². The fourth-order valence-electron chi connectivity index (χ4n) is 2.45. The number of sulfonamides is 1. The summed E-state index contributed by atoms with van der Waals surface area (Å²) in [5, 5.41) is 0. The van der Waals surface area contributed by atoms with E-state index < -0.39 is 10.0 Å². The Bertz CT molecular complexity index is 929. The van der Waals surface area contributed by atoms with Crippen LogP contribution in [0.25, 0.3) is 11.0 Å². The predicted molar refractivity (Wildman–Crippen MR) is 86.0 cm³/mol. The van der Waals surface area contributed by atoms with Crippen molar-refractivity contribution in [2.75, 3.05) is 0 Å². The van der Waals surface area contributed by atoms with E-state index in [4.69, 9.17) is 0 Å². The standard InChI is InChI=1S/C16H17N3O2S/c1-11-3-6-16(12(2)7-11)22(20,21)19-9-13-4-5-14-15(8-13)18-10-17-14/h3-8,10,19H,9H2,1-2H3,(H,17,18). The number of nitrogens with one attached hydrogen (secondary N) is 2. The number of rotatable bonds is 4. The molecule has 2 N–H and O–H groups in total. The number of benzene rings is 2. The summed E-state index contributed by atoms with van der Waals surface area (Å²) in [4.78, 5) is 7.48. The lowest BCUT2D eigenvalue weighted by atomic mass is 10.2. The molecule has 1 heterocycles. The maximum atomic E-state index is 12.4. The topological polar surface area (TPSA) is 74.8 Å². The molecule has 2 aromatic carbocycles. The van der Waals surface area contributed by atoms with Gasteiger partial charge in [0.1, 0.15) is 0 Å². The first-order valence-electron chi connectivity index (χ1n) is 6.95. The molecule has 0 spiro atoms. The predicted octanol–water partition coefficient (Wildman–Crippen LogP) is 2.66. The van der Waals surface area contributed by atoms with Gasteiger partial charge in [-0.25, -0.2) is 18.1 Å². The maximum absolute atomic E-state index is 12.4. The second-order valence-electron chi connectivity index (χ2n) is 5.35. The lowest BCUT2D eigenvalue weighted by Crippen LogP contribution is -2.24. The first kappa shape index (κ1) is 14.7. The number of aromatic amines is 1. The van der Waals surface area contributed by atoms with Crippen molar-refractivity contribution in [2.45, 2.75) is 25.3 Å². The molecule has 0 aliphatic heterocycles. The van der Waals surface area contributed by atoms with E-state index in [9.17, 15) is 8.42 Å². The van der Waals surface area contributed by atoms with E-state index in [-0.39, 0.29) is 6.54 Å². The van der Waals surface area contributed by atoms with E-state index in [1.54, 1.807) is 25.4 Å². The van der Waals surface area contributed by atoms with Crippen LogP contribution in [0.1, 0.15) is 16.7 Å². The van der Waals surface area contributed by atoms with Crippen LogP contribution in [0.5, 0.6) is 0 Å². The Kier molecular flexibility index (Phi) is 3.72. The average Bonchev–Trinajstić information content (AvgIpc) is 2.92. The maximum Gasteiger partial charge on any atom is 0.241 e. The minimum atomic E-state index is -3.52. The molecule has 3 aromatic rings. The van der Waals surface area contributed by atoms with Gasteiger partial charge >= 0.3 is 0 Å². The molecule has 0 atom stereocenters. The molecule has 0 amide bonds. The van der Waals surface area contributed by atoms with Crippen LogP contribution in [-0.4, -0.2) is 18.4 Å². The summed E-state index contributed by atoms with van der Waals surface area (Å²) in [6.45, 7) is 3.99. The van der Waals surface area contributed by atoms with Crippen LogP contribution in [0.4, 0.5) is 0 Å². The number of fused-ring (bicyclic) bond motifs is 1. The molecule has 0 saturated heterocycles. The number of aryl methyl sites for hydroxylation is 2. The largest absolute Gasteiger partial charge is 0.345 e. The van der Waals surface area contributed by atoms with Gasteiger partial charge in [-0.05, 0) is 43.2 Å².